The Morgan fingerprint density at radius 2 is 1.06 bits per heavy atom. The second-order valence-corrected chi connectivity index (χ2v) is 5.09. The molecular weight excluding hydrogens is 208 g/mol. The van der Waals surface area contributed by atoms with Crippen LogP contribution in [0.2, 0.25) is 0 Å². The van der Waals surface area contributed by atoms with E-state index in [1.54, 1.807) is 0 Å². The van der Waals surface area contributed by atoms with Crippen LogP contribution in [0.1, 0.15) is 44.2 Å². The summed E-state index contributed by atoms with van der Waals surface area (Å²) in [7, 11) is 0. The number of hydrogen-bond acceptors (Lipinski definition) is 0. The van der Waals surface area contributed by atoms with Crippen LogP contribution in [0.25, 0.3) is 0 Å². The van der Waals surface area contributed by atoms with Crippen LogP contribution in [-0.4, -0.2) is 9.13 Å². The third kappa shape index (κ3) is 2.31. The Labute approximate surface area is 103 Å². The Balaban J connectivity index is 1.78. The molecule has 0 N–H and O–H groups in total. The molecule has 1 aliphatic carbocycles. The number of rotatable bonds is 2. The van der Waals surface area contributed by atoms with Crippen LogP contribution in [0.3, 0.4) is 0 Å². The SMILES string of the molecule is c1ccn(C2CCCCC(n3cccc3)C2)c1. The van der Waals surface area contributed by atoms with Crippen molar-refractivity contribution in [2.45, 2.75) is 44.2 Å². The highest BCUT2D eigenvalue weighted by molar-refractivity contribution is 4.97. The molecule has 2 atom stereocenters. The lowest BCUT2D eigenvalue weighted by Crippen LogP contribution is -2.13. The summed E-state index contributed by atoms with van der Waals surface area (Å²) in [5.41, 5.74) is 0. The van der Waals surface area contributed by atoms with Gasteiger partial charge in [-0.2, -0.15) is 0 Å². The van der Waals surface area contributed by atoms with Crippen LogP contribution >= 0.6 is 0 Å². The quantitative estimate of drug-likeness (QED) is 0.687. The molecule has 17 heavy (non-hydrogen) atoms. The van der Waals surface area contributed by atoms with E-state index >= 15 is 0 Å². The number of nitrogens with zero attached hydrogens (tertiary/aromatic N) is 2. The Morgan fingerprint density at radius 3 is 1.47 bits per heavy atom. The maximum atomic E-state index is 2.39. The Morgan fingerprint density at radius 1 is 0.647 bits per heavy atom. The van der Waals surface area contributed by atoms with Crippen molar-refractivity contribution >= 4 is 0 Å². The van der Waals surface area contributed by atoms with Crippen LogP contribution in [-0.2, 0) is 0 Å². The second kappa shape index (κ2) is 4.82. The summed E-state index contributed by atoms with van der Waals surface area (Å²) in [6, 6.07) is 9.90. The van der Waals surface area contributed by atoms with Crippen LogP contribution in [0, 0.1) is 0 Å². The molecule has 0 bridgehead atoms. The van der Waals surface area contributed by atoms with Gasteiger partial charge in [0.15, 0.2) is 0 Å². The van der Waals surface area contributed by atoms with Gasteiger partial charge in [-0.3, -0.25) is 0 Å². The van der Waals surface area contributed by atoms with E-state index in [1.807, 2.05) is 0 Å². The fraction of sp³-hybridized carbons (Fsp3) is 0.467. The monoisotopic (exact) mass is 228 g/mol. The molecule has 0 amide bonds. The second-order valence-electron chi connectivity index (χ2n) is 5.09. The van der Waals surface area contributed by atoms with Gasteiger partial charge in [0.05, 0.1) is 0 Å². The molecule has 1 saturated carbocycles. The van der Waals surface area contributed by atoms with Crippen molar-refractivity contribution in [1.82, 2.24) is 9.13 Å². The molecule has 1 fully saturated rings. The molecule has 0 aromatic carbocycles. The van der Waals surface area contributed by atoms with Gasteiger partial charge in [0.1, 0.15) is 0 Å². The van der Waals surface area contributed by atoms with E-state index in [1.165, 1.54) is 32.1 Å². The molecule has 0 aliphatic heterocycles. The van der Waals surface area contributed by atoms with Gasteiger partial charge in [0.25, 0.3) is 0 Å². The maximum absolute atomic E-state index is 2.39. The summed E-state index contributed by atoms with van der Waals surface area (Å²) in [5.74, 6) is 0. The number of aromatic nitrogens is 2. The van der Waals surface area contributed by atoms with Gasteiger partial charge in [-0.05, 0) is 43.5 Å². The Bertz CT molecular complexity index is 385. The molecule has 2 heteroatoms. The zero-order valence-corrected chi connectivity index (χ0v) is 10.2. The highest BCUT2D eigenvalue weighted by Crippen LogP contribution is 2.33. The first-order valence-electron chi connectivity index (χ1n) is 6.68. The highest BCUT2D eigenvalue weighted by atomic mass is 15.0. The van der Waals surface area contributed by atoms with Gasteiger partial charge in [-0.25, -0.2) is 0 Å². The van der Waals surface area contributed by atoms with Crippen molar-refractivity contribution in [2.24, 2.45) is 0 Å². The van der Waals surface area contributed by atoms with E-state index in [9.17, 15) is 0 Å². The van der Waals surface area contributed by atoms with Gasteiger partial charge in [-0.1, -0.05) is 12.8 Å². The normalized spacial score (nSPS) is 25.6. The lowest BCUT2D eigenvalue weighted by molar-refractivity contribution is 0.365. The molecule has 0 saturated heterocycles. The van der Waals surface area contributed by atoms with Crippen molar-refractivity contribution in [3.8, 4) is 0 Å². The number of hydrogen-bond donors (Lipinski definition) is 0. The molecule has 0 radical (unpaired) electrons. The summed E-state index contributed by atoms with van der Waals surface area (Å²) >= 11 is 0. The van der Waals surface area contributed by atoms with E-state index in [4.69, 9.17) is 0 Å². The largest absolute Gasteiger partial charge is 0.351 e. The molecule has 2 heterocycles. The summed E-state index contributed by atoms with van der Waals surface area (Å²) in [5, 5.41) is 0. The molecule has 1 aliphatic rings. The molecule has 2 aromatic heterocycles. The maximum Gasteiger partial charge on any atom is 0.0350 e. The van der Waals surface area contributed by atoms with E-state index in [2.05, 4.69) is 58.2 Å². The molecule has 0 spiro atoms. The molecule has 2 nitrogen and oxygen atoms in total. The topological polar surface area (TPSA) is 9.86 Å². The van der Waals surface area contributed by atoms with Gasteiger partial charge in [0.2, 0.25) is 0 Å². The summed E-state index contributed by atoms with van der Waals surface area (Å²) in [4.78, 5) is 0. The highest BCUT2D eigenvalue weighted by Gasteiger charge is 2.21. The van der Waals surface area contributed by atoms with Crippen LogP contribution in [0.5, 0.6) is 0 Å². The smallest absolute Gasteiger partial charge is 0.0350 e. The summed E-state index contributed by atoms with van der Waals surface area (Å²) in [6.45, 7) is 0. The first kappa shape index (κ1) is 10.7. The Kier molecular flexibility index (Phi) is 3.04. The van der Waals surface area contributed by atoms with E-state index in [0.717, 1.165) is 0 Å². The first-order valence-corrected chi connectivity index (χ1v) is 6.68. The molecule has 2 unspecified atom stereocenters. The van der Waals surface area contributed by atoms with E-state index in [0.29, 0.717) is 12.1 Å². The zero-order valence-electron chi connectivity index (χ0n) is 10.2. The average Bonchev–Trinajstić information content (AvgIpc) is 2.99. The van der Waals surface area contributed by atoms with E-state index in [-0.39, 0.29) is 0 Å². The summed E-state index contributed by atoms with van der Waals surface area (Å²) in [6.07, 6.45) is 15.5. The fourth-order valence-corrected chi connectivity index (χ4v) is 3.03. The van der Waals surface area contributed by atoms with E-state index < -0.39 is 0 Å². The van der Waals surface area contributed by atoms with Gasteiger partial charge >= 0.3 is 0 Å². The minimum atomic E-state index is 0.680. The van der Waals surface area contributed by atoms with Gasteiger partial charge < -0.3 is 9.13 Å². The van der Waals surface area contributed by atoms with Crippen molar-refractivity contribution in [1.29, 1.82) is 0 Å². The van der Waals surface area contributed by atoms with Crippen molar-refractivity contribution in [2.75, 3.05) is 0 Å². The Hall–Kier alpha value is -1.44. The summed E-state index contributed by atoms with van der Waals surface area (Å²) < 4.78 is 4.78. The predicted molar refractivity (Wildman–Crippen MR) is 70.0 cm³/mol. The van der Waals surface area contributed by atoms with Crippen molar-refractivity contribution < 1.29 is 0 Å². The lowest BCUT2D eigenvalue weighted by Gasteiger charge is -2.22. The zero-order chi connectivity index (χ0) is 11.5. The lowest BCUT2D eigenvalue weighted by atomic mass is 10.1. The molecule has 90 valence electrons. The molecule has 2 aromatic rings. The van der Waals surface area contributed by atoms with Crippen LogP contribution in [0.4, 0.5) is 0 Å². The predicted octanol–water partition coefficient (Wildman–Crippen LogP) is 4.04. The average molecular weight is 228 g/mol. The third-order valence-electron chi connectivity index (χ3n) is 3.97. The van der Waals surface area contributed by atoms with Gasteiger partial charge in [-0.15, -0.1) is 0 Å². The van der Waals surface area contributed by atoms with Crippen molar-refractivity contribution in [3.05, 3.63) is 49.1 Å². The first-order chi connectivity index (χ1) is 8.43. The minimum Gasteiger partial charge on any atom is -0.351 e. The third-order valence-corrected chi connectivity index (χ3v) is 3.97. The molecular formula is C15H20N2. The van der Waals surface area contributed by atoms with Gasteiger partial charge in [0, 0.05) is 36.9 Å². The van der Waals surface area contributed by atoms with Crippen molar-refractivity contribution in [3.63, 3.8) is 0 Å². The minimum absolute atomic E-state index is 0.680. The molecule has 3 rings (SSSR count). The standard InChI is InChI=1S/C15H20N2/c1-2-8-15(17-11-5-6-12-17)13-14(7-1)16-9-3-4-10-16/h3-6,9-12,14-15H,1-2,7-8,13H2. The van der Waals surface area contributed by atoms with Crippen LogP contribution < -0.4 is 0 Å². The fourth-order valence-electron chi connectivity index (χ4n) is 3.03. The van der Waals surface area contributed by atoms with Crippen LogP contribution in [0.15, 0.2) is 49.1 Å².